The number of hydrogen-bond acceptors (Lipinski definition) is 6. The second-order valence-corrected chi connectivity index (χ2v) is 6.98. The fourth-order valence-corrected chi connectivity index (χ4v) is 3.60. The SMILES string of the molecule is COc1ccc(OCc2nnc3n2N(Cc2ccc(F)cc2)C(=O)CS3)cc1. The number of ether oxygens (including phenoxy) is 2. The number of fused-ring (bicyclic) bond motifs is 1. The lowest BCUT2D eigenvalue weighted by molar-refractivity contribution is -0.118. The van der Waals surface area contributed by atoms with Gasteiger partial charge in [-0.05, 0) is 42.0 Å². The maximum Gasteiger partial charge on any atom is 0.252 e. The molecule has 2 aromatic carbocycles. The van der Waals surface area contributed by atoms with Crippen molar-refractivity contribution in [3.63, 3.8) is 0 Å². The van der Waals surface area contributed by atoms with Crippen LogP contribution in [-0.4, -0.2) is 33.6 Å². The Balaban J connectivity index is 1.54. The number of halogens is 1. The van der Waals surface area contributed by atoms with E-state index in [1.807, 2.05) is 0 Å². The summed E-state index contributed by atoms with van der Waals surface area (Å²) in [6, 6.07) is 13.2. The van der Waals surface area contributed by atoms with Gasteiger partial charge in [0.25, 0.3) is 5.91 Å². The molecule has 0 radical (unpaired) electrons. The van der Waals surface area contributed by atoms with Crippen LogP contribution >= 0.6 is 11.8 Å². The molecule has 7 nitrogen and oxygen atoms in total. The quantitative estimate of drug-likeness (QED) is 0.634. The average Bonchev–Trinajstić information content (AvgIpc) is 3.14. The number of hydrogen-bond donors (Lipinski definition) is 0. The highest BCUT2D eigenvalue weighted by molar-refractivity contribution is 7.99. The van der Waals surface area contributed by atoms with Crippen molar-refractivity contribution in [2.45, 2.75) is 18.3 Å². The van der Waals surface area contributed by atoms with E-state index < -0.39 is 0 Å². The minimum atomic E-state index is -0.317. The number of methoxy groups -OCH3 is 1. The first-order valence-electron chi connectivity index (χ1n) is 8.53. The molecule has 28 heavy (non-hydrogen) atoms. The van der Waals surface area contributed by atoms with Crippen LogP contribution in [0.2, 0.25) is 0 Å². The third kappa shape index (κ3) is 3.79. The van der Waals surface area contributed by atoms with Crippen molar-refractivity contribution in [3.05, 3.63) is 65.7 Å². The Hall–Kier alpha value is -3.07. The summed E-state index contributed by atoms with van der Waals surface area (Å²) in [6.45, 7) is 0.438. The van der Waals surface area contributed by atoms with Crippen molar-refractivity contribution in [3.8, 4) is 11.5 Å². The first kappa shape index (κ1) is 18.3. The summed E-state index contributed by atoms with van der Waals surface area (Å²) in [6.07, 6.45) is 0. The minimum Gasteiger partial charge on any atom is -0.497 e. The van der Waals surface area contributed by atoms with Gasteiger partial charge >= 0.3 is 0 Å². The van der Waals surface area contributed by atoms with Gasteiger partial charge in [0.1, 0.15) is 23.9 Å². The van der Waals surface area contributed by atoms with Crippen LogP contribution in [0, 0.1) is 5.82 Å². The van der Waals surface area contributed by atoms with Crippen molar-refractivity contribution < 1.29 is 18.7 Å². The predicted molar refractivity (Wildman–Crippen MR) is 101 cm³/mol. The smallest absolute Gasteiger partial charge is 0.252 e. The average molecular weight is 400 g/mol. The van der Waals surface area contributed by atoms with E-state index in [4.69, 9.17) is 9.47 Å². The number of nitrogens with zero attached hydrogens (tertiary/aromatic N) is 4. The van der Waals surface area contributed by atoms with E-state index in [-0.39, 0.29) is 24.1 Å². The lowest BCUT2D eigenvalue weighted by Gasteiger charge is -2.29. The van der Waals surface area contributed by atoms with Crippen molar-refractivity contribution in [2.24, 2.45) is 0 Å². The number of benzene rings is 2. The van der Waals surface area contributed by atoms with Gasteiger partial charge < -0.3 is 9.47 Å². The van der Waals surface area contributed by atoms with Crippen molar-refractivity contribution in [2.75, 3.05) is 17.9 Å². The number of carbonyl (C=O) groups is 1. The van der Waals surface area contributed by atoms with Crippen LogP contribution in [0.5, 0.6) is 11.5 Å². The van der Waals surface area contributed by atoms with E-state index in [9.17, 15) is 9.18 Å². The van der Waals surface area contributed by atoms with Crippen molar-refractivity contribution in [1.29, 1.82) is 0 Å². The van der Waals surface area contributed by atoms with Gasteiger partial charge in [-0.1, -0.05) is 23.9 Å². The first-order valence-corrected chi connectivity index (χ1v) is 9.51. The van der Waals surface area contributed by atoms with Gasteiger partial charge in [0.2, 0.25) is 5.16 Å². The molecule has 0 bridgehead atoms. The van der Waals surface area contributed by atoms with Crippen LogP contribution in [-0.2, 0) is 17.9 Å². The molecule has 1 amide bonds. The molecule has 0 unspecified atom stereocenters. The molecule has 3 aromatic rings. The highest BCUT2D eigenvalue weighted by Gasteiger charge is 2.29. The van der Waals surface area contributed by atoms with E-state index in [1.54, 1.807) is 53.2 Å². The zero-order valence-electron chi connectivity index (χ0n) is 15.0. The third-order valence-corrected chi connectivity index (χ3v) is 5.11. The molecule has 1 aliphatic rings. The van der Waals surface area contributed by atoms with Gasteiger partial charge in [-0.25, -0.2) is 14.1 Å². The highest BCUT2D eigenvalue weighted by Crippen LogP contribution is 2.25. The van der Waals surface area contributed by atoms with E-state index in [0.717, 1.165) is 11.3 Å². The molecule has 0 N–H and O–H groups in total. The van der Waals surface area contributed by atoms with E-state index in [1.165, 1.54) is 23.9 Å². The zero-order valence-corrected chi connectivity index (χ0v) is 15.9. The Labute approximate surface area is 165 Å². The molecule has 0 fully saturated rings. The Morgan fingerprint density at radius 1 is 1.07 bits per heavy atom. The Morgan fingerprint density at radius 3 is 2.50 bits per heavy atom. The minimum absolute atomic E-state index is 0.0766. The summed E-state index contributed by atoms with van der Waals surface area (Å²) in [5.74, 6) is 1.78. The van der Waals surface area contributed by atoms with Crippen LogP contribution < -0.4 is 14.5 Å². The van der Waals surface area contributed by atoms with Crippen molar-refractivity contribution >= 4 is 17.7 Å². The normalized spacial score (nSPS) is 13.4. The van der Waals surface area contributed by atoms with Crippen LogP contribution in [0.25, 0.3) is 0 Å². The Bertz CT molecular complexity index is 976. The fraction of sp³-hybridized carbons (Fsp3) is 0.211. The van der Waals surface area contributed by atoms with Gasteiger partial charge in [0, 0.05) is 0 Å². The lowest BCUT2D eigenvalue weighted by Crippen LogP contribution is -2.45. The summed E-state index contributed by atoms with van der Waals surface area (Å²) in [7, 11) is 1.60. The highest BCUT2D eigenvalue weighted by atomic mass is 32.2. The van der Waals surface area contributed by atoms with E-state index >= 15 is 0 Å². The molecule has 0 saturated heterocycles. The third-order valence-electron chi connectivity index (χ3n) is 4.20. The summed E-state index contributed by atoms with van der Waals surface area (Å²) in [5.41, 5.74) is 0.809. The fourth-order valence-electron chi connectivity index (χ4n) is 2.77. The van der Waals surface area contributed by atoms with Crippen LogP contribution in [0.4, 0.5) is 4.39 Å². The molecule has 0 aliphatic carbocycles. The number of aromatic nitrogens is 3. The molecule has 0 spiro atoms. The molecular formula is C19H17FN4O3S. The van der Waals surface area contributed by atoms with Gasteiger partial charge in [0.15, 0.2) is 5.82 Å². The topological polar surface area (TPSA) is 69.5 Å². The van der Waals surface area contributed by atoms with Gasteiger partial charge in [-0.15, -0.1) is 10.2 Å². The van der Waals surface area contributed by atoms with Gasteiger partial charge in [-0.3, -0.25) is 4.79 Å². The molecule has 4 rings (SSSR count). The van der Waals surface area contributed by atoms with Gasteiger partial charge in [0.05, 0.1) is 19.4 Å². The molecule has 1 aromatic heterocycles. The second kappa shape index (κ2) is 7.89. The Kier molecular flexibility index (Phi) is 5.16. The number of amides is 1. The first-order chi connectivity index (χ1) is 13.6. The van der Waals surface area contributed by atoms with E-state index in [2.05, 4.69) is 10.2 Å². The Morgan fingerprint density at radius 2 is 1.79 bits per heavy atom. The standard InChI is InChI=1S/C19H17FN4O3S/c1-26-15-6-8-16(9-7-15)27-11-17-21-22-19-24(17)23(18(25)12-28-19)10-13-2-4-14(20)5-3-13/h2-9H,10-12H2,1H3. The molecular weight excluding hydrogens is 383 g/mol. The number of carbonyl (C=O) groups excluding carboxylic acids is 1. The molecule has 0 atom stereocenters. The maximum atomic E-state index is 13.2. The van der Waals surface area contributed by atoms with Crippen LogP contribution in [0.15, 0.2) is 53.7 Å². The number of rotatable bonds is 6. The lowest BCUT2D eigenvalue weighted by atomic mass is 10.2. The summed E-state index contributed by atoms with van der Waals surface area (Å²) >= 11 is 1.33. The second-order valence-electron chi connectivity index (χ2n) is 6.04. The largest absolute Gasteiger partial charge is 0.497 e. The maximum absolute atomic E-state index is 13.2. The summed E-state index contributed by atoms with van der Waals surface area (Å²) in [5, 5.41) is 10.5. The molecule has 1 aliphatic heterocycles. The summed E-state index contributed by atoms with van der Waals surface area (Å²) < 4.78 is 25.8. The van der Waals surface area contributed by atoms with Crippen molar-refractivity contribution in [1.82, 2.24) is 14.9 Å². The van der Waals surface area contributed by atoms with E-state index in [0.29, 0.717) is 23.3 Å². The molecule has 9 heteroatoms. The summed E-state index contributed by atoms with van der Waals surface area (Å²) in [4.78, 5) is 12.5. The zero-order chi connectivity index (χ0) is 19.5. The molecule has 2 heterocycles. The monoisotopic (exact) mass is 400 g/mol. The predicted octanol–water partition coefficient (Wildman–Crippen LogP) is 2.78. The number of thioether (sulfide) groups is 1. The van der Waals surface area contributed by atoms with Gasteiger partial charge in [-0.2, -0.15) is 0 Å². The molecule has 144 valence electrons. The molecule has 0 saturated carbocycles. The van der Waals surface area contributed by atoms with Crippen LogP contribution in [0.1, 0.15) is 11.4 Å². The van der Waals surface area contributed by atoms with Crippen LogP contribution in [0.3, 0.4) is 0 Å².